The minimum absolute atomic E-state index is 0.138. The first kappa shape index (κ1) is 13.4. The van der Waals surface area contributed by atoms with Crippen molar-refractivity contribution >= 4 is 27.3 Å². The van der Waals surface area contributed by atoms with E-state index in [-0.39, 0.29) is 11.2 Å². The van der Waals surface area contributed by atoms with Crippen molar-refractivity contribution in [1.82, 2.24) is 0 Å². The number of nitrogens with one attached hydrogen (secondary N) is 1. The lowest BCUT2D eigenvalue weighted by molar-refractivity contribution is -0.117. The molecule has 108 valence electrons. The van der Waals surface area contributed by atoms with E-state index in [0.717, 1.165) is 37.1 Å². The fourth-order valence-corrected chi connectivity index (χ4v) is 3.93. The molecule has 0 spiro atoms. The monoisotopic (exact) mass is 294 g/mol. The number of carbonyl (C=O) groups excluding carboxylic acids is 1. The van der Waals surface area contributed by atoms with Gasteiger partial charge in [-0.15, -0.1) is 0 Å². The number of aryl methyl sites for hydroxylation is 1. The molecule has 5 nitrogen and oxygen atoms in total. The summed E-state index contributed by atoms with van der Waals surface area (Å²) in [5.74, 6) is 0.138. The highest BCUT2D eigenvalue weighted by Gasteiger charge is 2.35. The molecule has 1 N–H and O–H groups in total. The van der Waals surface area contributed by atoms with Crippen molar-refractivity contribution in [2.75, 3.05) is 16.2 Å². The smallest absolute Gasteiger partial charge is 0.235 e. The Morgan fingerprint density at radius 1 is 1.30 bits per heavy atom. The van der Waals surface area contributed by atoms with Gasteiger partial charge in [0.2, 0.25) is 15.9 Å². The van der Waals surface area contributed by atoms with Gasteiger partial charge in [-0.2, -0.15) is 0 Å². The van der Waals surface area contributed by atoms with Crippen LogP contribution in [0.3, 0.4) is 0 Å². The normalized spacial score (nSPS) is 19.4. The average molecular weight is 294 g/mol. The van der Waals surface area contributed by atoms with Crippen LogP contribution in [0.4, 0.5) is 11.4 Å². The Kier molecular flexibility index (Phi) is 3.20. The van der Waals surface area contributed by atoms with Gasteiger partial charge in [0.25, 0.3) is 0 Å². The molecule has 0 aromatic heterocycles. The van der Waals surface area contributed by atoms with Crippen molar-refractivity contribution in [2.24, 2.45) is 0 Å². The molecule has 1 amide bonds. The summed E-state index contributed by atoms with van der Waals surface area (Å²) in [6.45, 7) is 2.64. The third-order valence-corrected chi connectivity index (χ3v) is 5.65. The van der Waals surface area contributed by atoms with Crippen LogP contribution in [-0.4, -0.2) is 26.1 Å². The molecule has 2 fully saturated rings. The maximum Gasteiger partial charge on any atom is 0.235 e. The fraction of sp³-hybridized carbons (Fsp3) is 0.500. The molecule has 1 heterocycles. The van der Waals surface area contributed by atoms with E-state index in [2.05, 4.69) is 4.72 Å². The quantitative estimate of drug-likeness (QED) is 0.924. The fourth-order valence-electron chi connectivity index (χ4n) is 2.55. The van der Waals surface area contributed by atoms with Gasteiger partial charge in [-0.3, -0.25) is 9.52 Å². The summed E-state index contributed by atoms with van der Waals surface area (Å²) in [4.78, 5) is 13.5. The van der Waals surface area contributed by atoms with Crippen molar-refractivity contribution in [1.29, 1.82) is 0 Å². The predicted octanol–water partition coefficient (Wildman–Crippen LogP) is 2.03. The van der Waals surface area contributed by atoms with Crippen LogP contribution in [0.15, 0.2) is 18.2 Å². The second-order valence-electron chi connectivity index (χ2n) is 5.50. The maximum atomic E-state index is 11.9. The van der Waals surface area contributed by atoms with Crippen LogP contribution in [0.25, 0.3) is 0 Å². The molecule has 6 heteroatoms. The Morgan fingerprint density at radius 2 is 2.05 bits per heavy atom. The third-order valence-electron chi connectivity index (χ3n) is 3.78. The molecular weight excluding hydrogens is 276 g/mol. The van der Waals surface area contributed by atoms with E-state index in [1.165, 1.54) is 0 Å². The van der Waals surface area contributed by atoms with Crippen molar-refractivity contribution in [3.8, 4) is 0 Å². The van der Waals surface area contributed by atoms with E-state index in [0.29, 0.717) is 12.1 Å². The summed E-state index contributed by atoms with van der Waals surface area (Å²) in [7, 11) is -3.23. The third kappa shape index (κ3) is 2.52. The minimum atomic E-state index is -3.23. The number of rotatable bonds is 4. The van der Waals surface area contributed by atoms with Gasteiger partial charge < -0.3 is 4.90 Å². The summed E-state index contributed by atoms with van der Waals surface area (Å²) < 4.78 is 26.4. The highest BCUT2D eigenvalue weighted by Crippen LogP contribution is 2.31. The lowest BCUT2D eigenvalue weighted by Gasteiger charge is -2.19. The Labute approximate surface area is 119 Å². The molecular formula is C14H18N2O3S. The highest BCUT2D eigenvalue weighted by atomic mass is 32.2. The van der Waals surface area contributed by atoms with E-state index in [4.69, 9.17) is 0 Å². The number of sulfonamides is 1. The number of hydrogen-bond acceptors (Lipinski definition) is 3. The van der Waals surface area contributed by atoms with Gasteiger partial charge in [0.1, 0.15) is 0 Å². The zero-order valence-electron chi connectivity index (χ0n) is 11.4. The number of carbonyl (C=O) groups is 1. The van der Waals surface area contributed by atoms with Gasteiger partial charge >= 0.3 is 0 Å². The van der Waals surface area contributed by atoms with Gasteiger partial charge in [0.15, 0.2) is 0 Å². The van der Waals surface area contributed by atoms with Gasteiger partial charge in [0, 0.05) is 24.3 Å². The number of benzene rings is 1. The first-order chi connectivity index (χ1) is 9.47. The first-order valence-electron chi connectivity index (χ1n) is 6.90. The van der Waals surface area contributed by atoms with Crippen molar-refractivity contribution in [2.45, 2.75) is 37.9 Å². The summed E-state index contributed by atoms with van der Waals surface area (Å²) in [5, 5.41) is -0.234. The van der Waals surface area contributed by atoms with E-state index in [9.17, 15) is 13.2 Å². The van der Waals surface area contributed by atoms with Crippen LogP contribution in [0.1, 0.15) is 31.2 Å². The summed E-state index contributed by atoms with van der Waals surface area (Å²) in [6.07, 6.45) is 2.97. The van der Waals surface area contributed by atoms with Gasteiger partial charge in [-0.25, -0.2) is 8.42 Å². The van der Waals surface area contributed by atoms with Crippen LogP contribution in [-0.2, 0) is 14.8 Å². The molecule has 0 bridgehead atoms. The van der Waals surface area contributed by atoms with Crippen LogP contribution in [0.5, 0.6) is 0 Å². The van der Waals surface area contributed by atoms with E-state index in [1.54, 1.807) is 17.0 Å². The van der Waals surface area contributed by atoms with Gasteiger partial charge in [-0.1, -0.05) is 0 Å². The lowest BCUT2D eigenvalue weighted by atomic mass is 10.1. The summed E-state index contributed by atoms with van der Waals surface area (Å²) >= 11 is 0. The molecule has 0 atom stereocenters. The van der Waals surface area contributed by atoms with Crippen LogP contribution in [0, 0.1) is 6.92 Å². The molecule has 1 aliphatic carbocycles. The standard InChI is InChI=1S/C14H18N2O3S/c1-10-9-11(15-20(18,19)12-5-6-12)4-7-13(10)16-8-2-3-14(16)17/h4,7,9,12,15H,2-3,5-6,8H2,1H3. The van der Waals surface area contributed by atoms with E-state index < -0.39 is 10.0 Å². The lowest BCUT2D eigenvalue weighted by Crippen LogP contribution is -2.24. The molecule has 3 rings (SSSR count). The Balaban J connectivity index is 1.82. The zero-order valence-corrected chi connectivity index (χ0v) is 12.2. The number of hydrogen-bond donors (Lipinski definition) is 1. The Bertz CT molecular complexity index is 650. The molecule has 1 saturated heterocycles. The van der Waals surface area contributed by atoms with Crippen LogP contribution in [0.2, 0.25) is 0 Å². The number of nitrogens with zero attached hydrogens (tertiary/aromatic N) is 1. The molecule has 1 aliphatic heterocycles. The maximum absolute atomic E-state index is 11.9. The summed E-state index contributed by atoms with van der Waals surface area (Å²) in [5.41, 5.74) is 2.36. The topological polar surface area (TPSA) is 66.5 Å². The number of amides is 1. The van der Waals surface area contributed by atoms with E-state index in [1.807, 2.05) is 13.0 Å². The molecule has 1 aromatic rings. The molecule has 0 radical (unpaired) electrons. The zero-order chi connectivity index (χ0) is 14.3. The van der Waals surface area contributed by atoms with Crippen molar-refractivity contribution < 1.29 is 13.2 Å². The molecule has 1 saturated carbocycles. The molecule has 0 unspecified atom stereocenters. The molecule has 1 aromatic carbocycles. The predicted molar refractivity (Wildman–Crippen MR) is 78.3 cm³/mol. The van der Waals surface area contributed by atoms with Gasteiger partial charge in [0.05, 0.1) is 5.25 Å². The van der Waals surface area contributed by atoms with E-state index >= 15 is 0 Å². The highest BCUT2D eigenvalue weighted by molar-refractivity contribution is 7.93. The Hall–Kier alpha value is -1.56. The minimum Gasteiger partial charge on any atom is -0.312 e. The average Bonchev–Trinajstić information content (AvgIpc) is 3.14. The number of anilines is 2. The summed E-state index contributed by atoms with van der Waals surface area (Å²) in [6, 6.07) is 5.35. The second-order valence-corrected chi connectivity index (χ2v) is 7.46. The molecule has 20 heavy (non-hydrogen) atoms. The largest absolute Gasteiger partial charge is 0.312 e. The van der Waals surface area contributed by atoms with Crippen molar-refractivity contribution in [3.63, 3.8) is 0 Å². The molecule has 2 aliphatic rings. The van der Waals surface area contributed by atoms with Crippen LogP contribution >= 0.6 is 0 Å². The Morgan fingerprint density at radius 3 is 2.60 bits per heavy atom. The van der Waals surface area contributed by atoms with Crippen molar-refractivity contribution in [3.05, 3.63) is 23.8 Å². The second kappa shape index (κ2) is 4.77. The SMILES string of the molecule is Cc1cc(NS(=O)(=O)C2CC2)ccc1N1CCCC1=O. The first-order valence-corrected chi connectivity index (χ1v) is 8.45. The van der Waals surface area contributed by atoms with Crippen LogP contribution < -0.4 is 9.62 Å². The van der Waals surface area contributed by atoms with Gasteiger partial charge in [-0.05, 0) is 49.9 Å².